The summed E-state index contributed by atoms with van der Waals surface area (Å²) in [4.78, 5) is 24.6. The molecule has 0 spiro atoms. The quantitative estimate of drug-likeness (QED) is 0.430. The molecular formula is C24H19Cl2FN2O5S. The number of carbonyl (C=O) groups is 2. The first-order valence-electron chi connectivity index (χ1n) is 10.5. The molecule has 0 radical (unpaired) electrons. The third kappa shape index (κ3) is 4.98. The van der Waals surface area contributed by atoms with Gasteiger partial charge >= 0.3 is 5.97 Å². The number of anilines is 2. The Morgan fingerprint density at radius 2 is 1.83 bits per heavy atom. The van der Waals surface area contributed by atoms with Crippen LogP contribution in [0.4, 0.5) is 15.8 Å². The Hall–Kier alpha value is -3.14. The summed E-state index contributed by atoms with van der Waals surface area (Å²) in [6.45, 7) is 1.91. The van der Waals surface area contributed by atoms with Crippen LogP contribution in [0.3, 0.4) is 0 Å². The van der Waals surface area contributed by atoms with Crippen LogP contribution < -0.4 is 9.62 Å². The molecule has 4 rings (SSSR count). The van der Waals surface area contributed by atoms with E-state index in [2.05, 4.69) is 5.32 Å². The van der Waals surface area contributed by atoms with Crippen LogP contribution in [0.2, 0.25) is 10.0 Å². The van der Waals surface area contributed by atoms with E-state index in [4.69, 9.17) is 27.9 Å². The molecule has 0 saturated heterocycles. The molecule has 11 heteroatoms. The van der Waals surface area contributed by atoms with Crippen molar-refractivity contribution < 1.29 is 27.1 Å². The van der Waals surface area contributed by atoms with Crippen molar-refractivity contribution in [3.05, 3.63) is 87.2 Å². The average molecular weight is 537 g/mol. The maximum absolute atomic E-state index is 14.3. The molecule has 1 amide bonds. The molecule has 0 bridgehead atoms. The Balaban J connectivity index is 1.58. The van der Waals surface area contributed by atoms with Gasteiger partial charge < -0.3 is 10.1 Å². The first-order valence-corrected chi connectivity index (χ1v) is 12.7. The Labute approximate surface area is 211 Å². The molecule has 3 aromatic rings. The topological polar surface area (TPSA) is 92.8 Å². The summed E-state index contributed by atoms with van der Waals surface area (Å²) in [6, 6.07) is 12.4. The second-order valence-electron chi connectivity index (χ2n) is 7.62. The monoisotopic (exact) mass is 536 g/mol. The standard InChI is InChI=1S/C24H19Cl2FN2O5S/c1-2-34-24(31)18-7-5-16(12-21(18)27)28-23(30)15-4-3-14-9-10-29(22(14)11-15)35(32,33)17-6-8-19(25)20(26)13-17/h3-8,11-13H,2,9-10H2,1H3,(H,28,30). The first kappa shape index (κ1) is 25.0. The molecule has 1 aliphatic heterocycles. The molecule has 0 atom stereocenters. The van der Waals surface area contributed by atoms with Gasteiger partial charge in [0.25, 0.3) is 15.9 Å². The van der Waals surface area contributed by atoms with Crippen LogP contribution in [0.25, 0.3) is 0 Å². The van der Waals surface area contributed by atoms with Gasteiger partial charge in [-0.1, -0.05) is 29.3 Å². The van der Waals surface area contributed by atoms with Crippen LogP contribution in [0.5, 0.6) is 0 Å². The normalized spacial score (nSPS) is 12.9. The van der Waals surface area contributed by atoms with E-state index in [9.17, 15) is 22.4 Å². The average Bonchev–Trinajstić information content (AvgIpc) is 3.25. The van der Waals surface area contributed by atoms with E-state index in [-0.39, 0.29) is 44.9 Å². The van der Waals surface area contributed by atoms with E-state index in [0.717, 1.165) is 11.6 Å². The fourth-order valence-electron chi connectivity index (χ4n) is 3.68. The van der Waals surface area contributed by atoms with E-state index < -0.39 is 27.7 Å². The largest absolute Gasteiger partial charge is 0.462 e. The third-order valence-corrected chi connectivity index (χ3v) is 7.95. The van der Waals surface area contributed by atoms with E-state index in [1.807, 2.05) is 0 Å². The molecular weight excluding hydrogens is 518 g/mol. The number of benzene rings is 3. The van der Waals surface area contributed by atoms with E-state index in [0.29, 0.717) is 12.1 Å². The maximum atomic E-state index is 14.3. The van der Waals surface area contributed by atoms with Crippen molar-refractivity contribution in [2.75, 3.05) is 22.8 Å². The van der Waals surface area contributed by atoms with Crippen LogP contribution in [-0.4, -0.2) is 33.4 Å². The second-order valence-corrected chi connectivity index (χ2v) is 10.3. The van der Waals surface area contributed by atoms with Crippen LogP contribution in [0.1, 0.15) is 33.2 Å². The van der Waals surface area contributed by atoms with Crippen LogP contribution in [-0.2, 0) is 21.2 Å². The molecule has 1 heterocycles. The maximum Gasteiger partial charge on any atom is 0.341 e. The summed E-state index contributed by atoms with van der Waals surface area (Å²) >= 11 is 11.9. The number of rotatable bonds is 6. The molecule has 1 N–H and O–H groups in total. The van der Waals surface area contributed by atoms with Crippen LogP contribution in [0, 0.1) is 5.82 Å². The molecule has 182 valence electrons. The lowest BCUT2D eigenvalue weighted by molar-refractivity contribution is 0.0521. The minimum absolute atomic E-state index is 0.0215. The van der Waals surface area contributed by atoms with Gasteiger partial charge in [-0.05, 0) is 67.4 Å². The number of fused-ring (bicyclic) bond motifs is 1. The lowest BCUT2D eigenvalue weighted by atomic mass is 10.1. The molecule has 35 heavy (non-hydrogen) atoms. The number of amides is 1. The number of esters is 1. The van der Waals surface area contributed by atoms with Gasteiger partial charge in [-0.3, -0.25) is 9.10 Å². The highest BCUT2D eigenvalue weighted by molar-refractivity contribution is 7.92. The van der Waals surface area contributed by atoms with E-state index in [1.165, 1.54) is 40.7 Å². The summed E-state index contributed by atoms with van der Waals surface area (Å²) in [6.07, 6.45) is 0.471. The highest BCUT2D eigenvalue weighted by Gasteiger charge is 2.32. The predicted octanol–water partition coefficient (Wildman–Crippen LogP) is 5.31. The Bertz CT molecular complexity index is 1450. The highest BCUT2D eigenvalue weighted by Crippen LogP contribution is 2.35. The van der Waals surface area contributed by atoms with Gasteiger partial charge in [-0.2, -0.15) is 0 Å². The summed E-state index contributed by atoms with van der Waals surface area (Å²) in [5.74, 6) is -2.21. The van der Waals surface area contributed by atoms with E-state index in [1.54, 1.807) is 19.1 Å². The molecule has 0 fully saturated rings. The first-order chi connectivity index (χ1) is 16.6. The highest BCUT2D eigenvalue weighted by atomic mass is 35.5. The van der Waals surface area contributed by atoms with Crippen molar-refractivity contribution in [1.29, 1.82) is 0 Å². The lowest BCUT2D eigenvalue weighted by Crippen LogP contribution is -2.29. The molecule has 0 unspecified atom stereocenters. The van der Waals surface area contributed by atoms with Gasteiger partial charge in [-0.15, -0.1) is 0 Å². The van der Waals surface area contributed by atoms with Gasteiger partial charge in [0.15, 0.2) is 0 Å². The number of hydrogen-bond donors (Lipinski definition) is 1. The number of carbonyl (C=O) groups excluding carboxylic acids is 2. The second kappa shape index (κ2) is 9.85. The summed E-state index contributed by atoms with van der Waals surface area (Å²) < 4.78 is 46.8. The van der Waals surface area contributed by atoms with Gasteiger partial charge in [0.05, 0.1) is 32.8 Å². The number of nitrogens with one attached hydrogen (secondary N) is 1. The van der Waals surface area contributed by atoms with Gasteiger partial charge in [-0.25, -0.2) is 17.6 Å². The van der Waals surface area contributed by atoms with Crippen molar-refractivity contribution in [3.8, 4) is 0 Å². The lowest BCUT2D eigenvalue weighted by Gasteiger charge is -2.20. The molecule has 0 aromatic heterocycles. The SMILES string of the molecule is CCOC(=O)c1ccc(NC(=O)c2ccc3c(c2)N(S(=O)(=O)c2ccc(Cl)c(Cl)c2)CC3)cc1F. The fraction of sp³-hybridized carbons (Fsp3) is 0.167. The van der Waals surface area contributed by atoms with Gasteiger partial charge in [0.2, 0.25) is 0 Å². The number of nitrogens with zero attached hydrogens (tertiary/aromatic N) is 1. The Morgan fingerprint density at radius 3 is 2.51 bits per heavy atom. The number of hydrogen-bond acceptors (Lipinski definition) is 5. The molecule has 1 aliphatic rings. The van der Waals surface area contributed by atoms with Crippen molar-refractivity contribution in [2.45, 2.75) is 18.2 Å². The van der Waals surface area contributed by atoms with Gasteiger partial charge in [0.1, 0.15) is 5.82 Å². The van der Waals surface area contributed by atoms with Crippen LogP contribution >= 0.6 is 23.2 Å². The Morgan fingerprint density at radius 1 is 1.06 bits per heavy atom. The summed E-state index contributed by atoms with van der Waals surface area (Å²) in [5, 5.41) is 2.90. The number of ether oxygens (including phenoxy) is 1. The van der Waals surface area contributed by atoms with Crippen molar-refractivity contribution in [2.24, 2.45) is 0 Å². The van der Waals surface area contributed by atoms with Gasteiger partial charge in [0, 0.05) is 17.8 Å². The number of halogens is 3. The zero-order chi connectivity index (χ0) is 25.3. The predicted molar refractivity (Wildman–Crippen MR) is 131 cm³/mol. The van der Waals surface area contributed by atoms with Crippen molar-refractivity contribution in [3.63, 3.8) is 0 Å². The van der Waals surface area contributed by atoms with E-state index >= 15 is 0 Å². The zero-order valence-electron chi connectivity index (χ0n) is 18.3. The van der Waals surface area contributed by atoms with Crippen molar-refractivity contribution >= 4 is 56.5 Å². The molecule has 7 nitrogen and oxygen atoms in total. The zero-order valence-corrected chi connectivity index (χ0v) is 20.7. The number of sulfonamides is 1. The molecule has 0 saturated carbocycles. The summed E-state index contributed by atoms with van der Waals surface area (Å²) in [5.41, 5.74) is 1.18. The van der Waals surface area contributed by atoms with Crippen LogP contribution in [0.15, 0.2) is 59.5 Å². The Kier molecular flexibility index (Phi) is 7.02. The summed E-state index contributed by atoms with van der Waals surface area (Å²) in [7, 11) is -3.95. The van der Waals surface area contributed by atoms with Crippen molar-refractivity contribution in [1.82, 2.24) is 0 Å². The molecule has 3 aromatic carbocycles. The minimum atomic E-state index is -3.95. The smallest absolute Gasteiger partial charge is 0.341 e. The molecule has 0 aliphatic carbocycles. The minimum Gasteiger partial charge on any atom is -0.462 e. The third-order valence-electron chi connectivity index (χ3n) is 5.40. The fourth-order valence-corrected chi connectivity index (χ4v) is 5.56.